The molecule has 8 nitrogen and oxygen atoms in total. The van der Waals surface area contributed by atoms with E-state index in [1.54, 1.807) is 67.8 Å². The molecule has 1 unspecified atom stereocenters. The third-order valence-electron chi connectivity index (χ3n) is 6.09. The molecule has 0 saturated carbocycles. The van der Waals surface area contributed by atoms with Gasteiger partial charge < -0.3 is 32.1 Å². The van der Waals surface area contributed by atoms with Crippen molar-refractivity contribution in [3.8, 4) is 40.2 Å². The van der Waals surface area contributed by atoms with Gasteiger partial charge in [-0.3, -0.25) is 4.79 Å². The van der Waals surface area contributed by atoms with Crippen LogP contribution in [0.5, 0.6) is 40.2 Å². The Morgan fingerprint density at radius 3 is 1.32 bits per heavy atom. The summed E-state index contributed by atoms with van der Waals surface area (Å²) in [5, 5.41) is 0. The number of hydrogen-bond acceptors (Lipinski definition) is 8. The topological polar surface area (TPSA) is 81.7 Å². The molecule has 0 aromatic heterocycles. The summed E-state index contributed by atoms with van der Waals surface area (Å²) in [5.41, 5.74) is 0.551. The van der Waals surface area contributed by atoms with Gasteiger partial charge in [-0.1, -0.05) is 54.6 Å². The summed E-state index contributed by atoms with van der Waals surface area (Å²) < 4.78 is 41.6. The van der Waals surface area contributed by atoms with E-state index < -0.39 is 17.0 Å². The van der Waals surface area contributed by atoms with Crippen LogP contribution in [0.4, 0.5) is 0 Å². The molecule has 44 heavy (non-hydrogen) atoms. The van der Waals surface area contributed by atoms with Crippen LogP contribution in [-0.4, -0.2) is 26.7 Å². The quantitative estimate of drug-likeness (QED) is 0.0890. The van der Waals surface area contributed by atoms with E-state index in [2.05, 4.69) is 0 Å². The van der Waals surface area contributed by atoms with E-state index in [1.807, 2.05) is 73.4 Å². The van der Waals surface area contributed by atoms with E-state index >= 15 is 0 Å². The van der Waals surface area contributed by atoms with Gasteiger partial charge in [0.2, 0.25) is 5.78 Å². The Bertz CT molecular complexity index is 1610. The van der Waals surface area contributed by atoms with Crippen LogP contribution >= 0.6 is 17.0 Å². The van der Waals surface area contributed by atoms with Gasteiger partial charge in [-0.15, -0.1) is 0 Å². The highest BCUT2D eigenvalue weighted by atomic mass is 31.2. The molecule has 5 rings (SSSR count). The van der Waals surface area contributed by atoms with Crippen molar-refractivity contribution in [2.24, 2.45) is 0 Å². The zero-order valence-electron chi connectivity index (χ0n) is 24.3. The highest BCUT2D eigenvalue weighted by Crippen LogP contribution is 2.45. The maximum Gasteiger partial charge on any atom is 0.530 e. The van der Waals surface area contributed by atoms with Crippen LogP contribution in [0.1, 0.15) is 15.9 Å². The van der Waals surface area contributed by atoms with Crippen molar-refractivity contribution in [2.75, 3.05) is 20.9 Å². The third-order valence-corrected chi connectivity index (χ3v) is 8.08. The van der Waals surface area contributed by atoms with Gasteiger partial charge in [0.05, 0.1) is 25.3 Å². The summed E-state index contributed by atoms with van der Waals surface area (Å²) in [6, 6.07) is 37.7. The largest absolute Gasteiger partial charge is 0.530 e. The molecule has 0 aliphatic heterocycles. The monoisotopic (exact) mass is 628 g/mol. The van der Waals surface area contributed by atoms with Gasteiger partial charge in [-0.25, -0.2) is 0 Å². The Labute approximate surface area is 259 Å². The summed E-state index contributed by atoms with van der Waals surface area (Å²) in [5.74, 6) is 2.95. The van der Waals surface area contributed by atoms with Gasteiger partial charge in [0, 0.05) is 18.8 Å². The molecule has 10 heteroatoms. The number of benzene rings is 5. The lowest BCUT2D eigenvalue weighted by Gasteiger charge is -2.20. The van der Waals surface area contributed by atoms with Crippen molar-refractivity contribution < 1.29 is 36.9 Å². The predicted octanol–water partition coefficient (Wildman–Crippen LogP) is 9.10. The second kappa shape index (κ2) is 15.1. The number of para-hydroxylation sites is 3. The number of ether oxygens (including phenoxy) is 2. The molecular weight excluding hydrogens is 598 g/mol. The van der Waals surface area contributed by atoms with Crippen molar-refractivity contribution in [3.05, 3.63) is 139 Å². The first-order valence-corrected chi connectivity index (χ1v) is 16.2. The molecule has 1 atom stereocenters. The fourth-order valence-electron chi connectivity index (χ4n) is 3.99. The second-order valence-electron chi connectivity index (χ2n) is 9.11. The lowest BCUT2D eigenvalue weighted by molar-refractivity contribution is 0.103. The summed E-state index contributed by atoms with van der Waals surface area (Å²) in [6.45, 7) is 1.81. The number of carbonyl (C=O) groups is 1. The molecule has 224 valence electrons. The van der Waals surface area contributed by atoms with Crippen LogP contribution < -0.4 is 32.1 Å². The average Bonchev–Trinajstić information content (AvgIpc) is 3.05. The molecular formula is C34H30O8P2. The highest BCUT2D eigenvalue weighted by Gasteiger charge is 2.27. The number of carbonyl (C=O) groups excluding carboxylic acids is 1. The van der Waals surface area contributed by atoms with Crippen LogP contribution in [0.3, 0.4) is 0 Å². The van der Waals surface area contributed by atoms with E-state index in [0.717, 1.165) is 0 Å². The Morgan fingerprint density at radius 1 is 0.477 bits per heavy atom. The van der Waals surface area contributed by atoms with E-state index in [4.69, 9.17) is 32.1 Å². The van der Waals surface area contributed by atoms with Crippen LogP contribution in [0.2, 0.25) is 0 Å². The molecule has 0 radical (unpaired) electrons. The van der Waals surface area contributed by atoms with Crippen molar-refractivity contribution >= 4 is 22.8 Å². The van der Waals surface area contributed by atoms with Gasteiger partial charge in [0.25, 0.3) is 8.38 Å². The maximum absolute atomic E-state index is 14.2. The molecule has 0 saturated heterocycles. The van der Waals surface area contributed by atoms with Crippen molar-refractivity contribution in [3.63, 3.8) is 0 Å². The van der Waals surface area contributed by atoms with E-state index in [1.165, 1.54) is 7.11 Å². The van der Waals surface area contributed by atoms with Crippen LogP contribution in [0, 0.1) is 0 Å². The van der Waals surface area contributed by atoms with Crippen LogP contribution in [0.15, 0.2) is 127 Å². The van der Waals surface area contributed by atoms with E-state index in [9.17, 15) is 4.79 Å². The molecule has 0 aliphatic rings. The predicted molar refractivity (Wildman–Crippen MR) is 172 cm³/mol. The fourth-order valence-corrected chi connectivity index (χ4v) is 5.88. The summed E-state index contributed by atoms with van der Waals surface area (Å²) in [6.07, 6.45) is 0. The first-order chi connectivity index (χ1) is 21.5. The zero-order valence-corrected chi connectivity index (χ0v) is 26.1. The summed E-state index contributed by atoms with van der Waals surface area (Å²) in [7, 11) is -0.406. The van der Waals surface area contributed by atoms with Gasteiger partial charge in [-0.2, -0.15) is 0 Å². The Morgan fingerprint density at radius 2 is 0.886 bits per heavy atom. The standard InChI is InChI=1S/C34H30O8P2/c1-36-28-19-21-30(32(23-28)41-43(3)38-25-13-7-4-8-14-25)34(35)31-22-20-29(37-2)24-33(31)42-44(39-26-15-9-5-10-16-26)40-27-17-11-6-12-18-27/h4-24H,1-3H3. The molecule has 5 aromatic rings. The summed E-state index contributed by atoms with van der Waals surface area (Å²) in [4.78, 5) is 14.2. The molecule has 0 heterocycles. The third kappa shape index (κ3) is 8.19. The molecule has 0 spiro atoms. The Balaban J connectivity index is 1.47. The first kappa shape index (κ1) is 30.7. The zero-order chi connectivity index (χ0) is 30.7. The first-order valence-electron chi connectivity index (χ1n) is 13.5. The minimum absolute atomic E-state index is 0.216. The van der Waals surface area contributed by atoms with E-state index in [0.29, 0.717) is 40.1 Å². The minimum atomic E-state index is -2.05. The molecule has 0 N–H and O–H groups in total. The van der Waals surface area contributed by atoms with Gasteiger partial charge in [0.1, 0.15) is 40.2 Å². The molecule has 5 aromatic carbocycles. The smallest absolute Gasteiger partial charge is 0.497 e. The Kier molecular flexibility index (Phi) is 10.5. The minimum Gasteiger partial charge on any atom is -0.497 e. The van der Waals surface area contributed by atoms with Gasteiger partial charge >= 0.3 is 8.60 Å². The molecule has 0 fully saturated rings. The lowest BCUT2D eigenvalue weighted by Crippen LogP contribution is -2.09. The average molecular weight is 629 g/mol. The molecule has 0 aliphatic carbocycles. The maximum atomic E-state index is 14.2. The number of ketones is 1. The van der Waals surface area contributed by atoms with E-state index in [-0.39, 0.29) is 17.1 Å². The number of methoxy groups -OCH3 is 2. The highest BCUT2D eigenvalue weighted by molar-refractivity contribution is 7.47. The van der Waals surface area contributed by atoms with Crippen molar-refractivity contribution in [1.82, 2.24) is 0 Å². The second-order valence-corrected chi connectivity index (χ2v) is 11.4. The van der Waals surface area contributed by atoms with Gasteiger partial charge in [-0.05, 0) is 60.7 Å². The Hall–Kier alpha value is -4.77. The van der Waals surface area contributed by atoms with Crippen LogP contribution in [-0.2, 0) is 0 Å². The lowest BCUT2D eigenvalue weighted by atomic mass is 10.0. The molecule has 0 bridgehead atoms. The number of hydrogen-bond donors (Lipinski definition) is 0. The normalized spacial score (nSPS) is 11.3. The van der Waals surface area contributed by atoms with Crippen molar-refractivity contribution in [1.29, 1.82) is 0 Å². The van der Waals surface area contributed by atoms with Gasteiger partial charge in [0.15, 0.2) is 0 Å². The van der Waals surface area contributed by atoms with Crippen LogP contribution in [0.25, 0.3) is 0 Å². The van der Waals surface area contributed by atoms with Crippen molar-refractivity contribution in [2.45, 2.75) is 0 Å². The molecule has 0 amide bonds. The summed E-state index contributed by atoms with van der Waals surface area (Å²) >= 11 is 0. The SMILES string of the molecule is COc1ccc(C(=O)c2ccc(OC)cc2OP(Oc2ccccc2)Oc2ccccc2)c(OP(C)Oc2ccccc2)c1. The fraction of sp³-hybridized carbons (Fsp3) is 0.0882. The number of rotatable bonds is 14.